The molecule has 0 saturated heterocycles. The zero-order chi connectivity index (χ0) is 16.8. The first-order valence-electron chi connectivity index (χ1n) is 7.22. The number of aliphatic carboxylic acids is 1. The Morgan fingerprint density at radius 1 is 1.35 bits per heavy atom. The van der Waals surface area contributed by atoms with Crippen molar-refractivity contribution >= 4 is 23.6 Å². The van der Waals surface area contributed by atoms with Gasteiger partial charge in [-0.1, -0.05) is 12.1 Å². The van der Waals surface area contributed by atoms with Crippen LogP contribution in [0.2, 0.25) is 0 Å². The normalized spacial score (nSPS) is 11.9. The lowest BCUT2D eigenvalue weighted by molar-refractivity contribution is -0.137. The number of hydrogen-bond donors (Lipinski definition) is 2. The lowest BCUT2D eigenvalue weighted by Gasteiger charge is -2.17. The van der Waals surface area contributed by atoms with E-state index >= 15 is 0 Å². The molecule has 0 aliphatic rings. The van der Waals surface area contributed by atoms with Crippen molar-refractivity contribution in [3.8, 4) is 0 Å². The molecule has 1 aromatic carbocycles. The van der Waals surface area contributed by atoms with E-state index < -0.39 is 12.0 Å². The number of rotatable bonds is 7. The Labute approximate surface area is 138 Å². The molecule has 1 atom stereocenters. The Morgan fingerprint density at radius 3 is 2.57 bits per heavy atom. The van der Waals surface area contributed by atoms with Gasteiger partial charge in [0, 0.05) is 17.6 Å². The molecule has 1 heterocycles. The summed E-state index contributed by atoms with van der Waals surface area (Å²) >= 11 is 1.60. The van der Waals surface area contributed by atoms with E-state index in [2.05, 4.69) is 10.4 Å². The van der Waals surface area contributed by atoms with Crippen molar-refractivity contribution in [2.45, 2.75) is 30.8 Å². The molecule has 1 unspecified atom stereocenters. The molecular weight excluding hydrogens is 314 g/mol. The maximum absolute atomic E-state index is 12.3. The predicted molar refractivity (Wildman–Crippen MR) is 88.6 cm³/mol. The monoisotopic (exact) mass is 333 g/mol. The highest BCUT2D eigenvalue weighted by atomic mass is 32.2. The quantitative estimate of drug-likeness (QED) is 0.761. The summed E-state index contributed by atoms with van der Waals surface area (Å²) in [5.41, 5.74) is 1.18. The van der Waals surface area contributed by atoms with Crippen LogP contribution in [0.3, 0.4) is 0 Å². The Kier molecular flexibility index (Phi) is 5.81. The number of aryl methyl sites for hydroxylation is 1. The highest BCUT2D eigenvalue weighted by Gasteiger charge is 2.19. The molecule has 2 rings (SSSR count). The van der Waals surface area contributed by atoms with Crippen LogP contribution in [-0.4, -0.2) is 33.0 Å². The Morgan fingerprint density at radius 2 is 2.04 bits per heavy atom. The van der Waals surface area contributed by atoms with Gasteiger partial charge in [-0.2, -0.15) is 5.10 Å². The van der Waals surface area contributed by atoms with Crippen molar-refractivity contribution in [1.82, 2.24) is 15.1 Å². The van der Waals surface area contributed by atoms with Gasteiger partial charge in [0.15, 0.2) is 0 Å². The number of amides is 1. The first-order chi connectivity index (χ1) is 11.0. The molecule has 6 nitrogen and oxygen atoms in total. The summed E-state index contributed by atoms with van der Waals surface area (Å²) in [6.07, 6.45) is 4.92. The summed E-state index contributed by atoms with van der Waals surface area (Å²) in [5.74, 6) is -1.29. The molecule has 2 aromatic rings. The Bertz CT molecular complexity index is 682. The number of aromatic nitrogens is 2. The van der Waals surface area contributed by atoms with Crippen molar-refractivity contribution in [2.75, 3.05) is 6.26 Å². The van der Waals surface area contributed by atoms with Gasteiger partial charge in [-0.3, -0.25) is 14.3 Å². The van der Waals surface area contributed by atoms with E-state index in [0.29, 0.717) is 12.1 Å². The van der Waals surface area contributed by atoms with Gasteiger partial charge < -0.3 is 10.4 Å². The highest BCUT2D eigenvalue weighted by Crippen LogP contribution is 2.21. The summed E-state index contributed by atoms with van der Waals surface area (Å²) in [5, 5.41) is 15.9. The molecule has 0 fully saturated rings. The molecule has 7 heteroatoms. The van der Waals surface area contributed by atoms with Crippen LogP contribution in [0, 0.1) is 0 Å². The SMILES string of the molecule is CCn1cc(C(=O)NC(CC(=O)O)c2ccc(SC)cc2)cn1. The summed E-state index contributed by atoms with van der Waals surface area (Å²) in [6, 6.07) is 6.93. The summed E-state index contributed by atoms with van der Waals surface area (Å²) < 4.78 is 1.65. The zero-order valence-corrected chi connectivity index (χ0v) is 13.8. The summed E-state index contributed by atoms with van der Waals surface area (Å²) in [4.78, 5) is 24.5. The molecule has 0 aliphatic heterocycles. The molecule has 122 valence electrons. The van der Waals surface area contributed by atoms with Crippen LogP contribution in [0.4, 0.5) is 0 Å². The second-order valence-electron chi connectivity index (χ2n) is 4.98. The van der Waals surface area contributed by atoms with Gasteiger partial charge in [-0.05, 0) is 30.9 Å². The van der Waals surface area contributed by atoms with E-state index in [-0.39, 0.29) is 12.3 Å². The number of nitrogens with one attached hydrogen (secondary N) is 1. The minimum absolute atomic E-state index is 0.174. The van der Waals surface area contributed by atoms with Crippen LogP contribution in [0.5, 0.6) is 0 Å². The van der Waals surface area contributed by atoms with E-state index in [0.717, 1.165) is 10.5 Å². The Hall–Kier alpha value is -2.28. The van der Waals surface area contributed by atoms with Crippen LogP contribution in [0.25, 0.3) is 0 Å². The van der Waals surface area contributed by atoms with Crippen molar-refractivity contribution in [3.05, 3.63) is 47.8 Å². The molecule has 1 amide bonds. The maximum Gasteiger partial charge on any atom is 0.305 e. The van der Waals surface area contributed by atoms with E-state index in [9.17, 15) is 9.59 Å². The fourth-order valence-electron chi connectivity index (χ4n) is 2.16. The Balaban J connectivity index is 2.17. The number of hydrogen-bond acceptors (Lipinski definition) is 4. The van der Waals surface area contributed by atoms with E-state index in [1.54, 1.807) is 22.6 Å². The van der Waals surface area contributed by atoms with E-state index in [1.807, 2.05) is 37.4 Å². The molecule has 23 heavy (non-hydrogen) atoms. The topological polar surface area (TPSA) is 84.2 Å². The van der Waals surface area contributed by atoms with Crippen LogP contribution in [0.1, 0.15) is 35.3 Å². The molecule has 0 saturated carbocycles. The van der Waals surface area contributed by atoms with Gasteiger partial charge in [0.1, 0.15) is 0 Å². The number of carboxylic acids is 1. The van der Waals surface area contributed by atoms with Gasteiger partial charge >= 0.3 is 5.97 Å². The van der Waals surface area contributed by atoms with Crippen LogP contribution in [0.15, 0.2) is 41.6 Å². The molecular formula is C16H19N3O3S. The average Bonchev–Trinajstić information content (AvgIpc) is 3.03. The van der Waals surface area contributed by atoms with Crippen molar-refractivity contribution in [1.29, 1.82) is 0 Å². The first kappa shape index (κ1) is 17.1. The number of carbonyl (C=O) groups excluding carboxylic acids is 1. The second kappa shape index (κ2) is 7.82. The van der Waals surface area contributed by atoms with E-state index in [1.165, 1.54) is 6.20 Å². The third-order valence-corrected chi connectivity index (χ3v) is 4.17. The van der Waals surface area contributed by atoms with Crippen LogP contribution in [-0.2, 0) is 11.3 Å². The van der Waals surface area contributed by atoms with E-state index in [4.69, 9.17) is 5.11 Å². The van der Waals surface area contributed by atoms with Gasteiger partial charge in [0.25, 0.3) is 5.91 Å². The standard InChI is InChI=1S/C16H19N3O3S/c1-3-19-10-12(9-17-19)16(22)18-14(8-15(20)21)11-4-6-13(23-2)7-5-11/h4-7,9-10,14H,3,8H2,1-2H3,(H,18,22)(H,20,21). The largest absolute Gasteiger partial charge is 0.481 e. The molecule has 0 bridgehead atoms. The summed E-state index contributed by atoms with van der Waals surface area (Å²) in [7, 11) is 0. The first-order valence-corrected chi connectivity index (χ1v) is 8.45. The van der Waals surface area contributed by atoms with Gasteiger partial charge in [0.05, 0.1) is 24.2 Å². The lowest BCUT2D eigenvalue weighted by atomic mass is 10.0. The smallest absolute Gasteiger partial charge is 0.305 e. The zero-order valence-electron chi connectivity index (χ0n) is 13.0. The minimum Gasteiger partial charge on any atom is -0.481 e. The molecule has 0 spiro atoms. The number of carboxylic acid groups (broad SMARTS) is 1. The predicted octanol–water partition coefficient (Wildman–Crippen LogP) is 2.57. The molecule has 0 radical (unpaired) electrons. The van der Waals surface area contributed by atoms with Crippen molar-refractivity contribution < 1.29 is 14.7 Å². The number of carbonyl (C=O) groups is 2. The van der Waals surface area contributed by atoms with Gasteiger partial charge in [0.2, 0.25) is 0 Å². The van der Waals surface area contributed by atoms with Crippen LogP contribution < -0.4 is 5.32 Å². The summed E-state index contributed by atoms with van der Waals surface area (Å²) in [6.45, 7) is 2.59. The van der Waals surface area contributed by atoms with Crippen LogP contribution >= 0.6 is 11.8 Å². The fraction of sp³-hybridized carbons (Fsp3) is 0.312. The second-order valence-corrected chi connectivity index (χ2v) is 5.86. The fourth-order valence-corrected chi connectivity index (χ4v) is 2.57. The minimum atomic E-state index is -0.964. The van der Waals surface area contributed by atoms with Crippen molar-refractivity contribution in [3.63, 3.8) is 0 Å². The third kappa shape index (κ3) is 4.59. The lowest BCUT2D eigenvalue weighted by Crippen LogP contribution is -2.30. The number of benzene rings is 1. The molecule has 2 N–H and O–H groups in total. The third-order valence-electron chi connectivity index (χ3n) is 3.42. The molecule has 1 aromatic heterocycles. The number of thioether (sulfide) groups is 1. The number of nitrogens with zero attached hydrogens (tertiary/aromatic N) is 2. The maximum atomic E-state index is 12.3. The highest BCUT2D eigenvalue weighted by molar-refractivity contribution is 7.98. The van der Waals surface area contributed by atoms with Gasteiger partial charge in [-0.15, -0.1) is 11.8 Å². The van der Waals surface area contributed by atoms with Crippen molar-refractivity contribution in [2.24, 2.45) is 0 Å². The van der Waals surface area contributed by atoms with Gasteiger partial charge in [-0.25, -0.2) is 0 Å². The molecule has 0 aliphatic carbocycles. The average molecular weight is 333 g/mol.